The van der Waals surface area contributed by atoms with Gasteiger partial charge in [-0.15, -0.1) is 0 Å². The van der Waals surface area contributed by atoms with Crippen molar-refractivity contribution in [2.24, 2.45) is 0 Å². The second-order valence-electron chi connectivity index (χ2n) is 5.05. The Bertz CT molecular complexity index is 559. The van der Waals surface area contributed by atoms with Gasteiger partial charge in [-0.3, -0.25) is 10.1 Å². The SMILES string of the molecule is CNC(C)(COc1c(C)cc(C)cc1[N+](=O)[O-])C(=O)OC. The van der Waals surface area contributed by atoms with E-state index in [0.29, 0.717) is 5.56 Å². The fourth-order valence-electron chi connectivity index (χ4n) is 1.93. The van der Waals surface area contributed by atoms with Crippen LogP contribution in [0.5, 0.6) is 5.75 Å². The van der Waals surface area contributed by atoms with Gasteiger partial charge in [-0.05, 0) is 38.9 Å². The molecule has 7 heteroatoms. The number of hydrogen-bond acceptors (Lipinski definition) is 6. The number of nitrogens with one attached hydrogen (secondary N) is 1. The van der Waals surface area contributed by atoms with Crippen LogP contribution in [0.25, 0.3) is 0 Å². The number of carbonyl (C=O) groups excluding carboxylic acids is 1. The number of nitro groups is 1. The molecule has 0 fully saturated rings. The van der Waals surface area contributed by atoms with Crippen LogP contribution < -0.4 is 10.1 Å². The molecule has 0 aromatic heterocycles. The minimum atomic E-state index is -1.08. The summed E-state index contributed by atoms with van der Waals surface area (Å²) in [4.78, 5) is 22.4. The smallest absolute Gasteiger partial charge is 0.329 e. The summed E-state index contributed by atoms with van der Waals surface area (Å²) in [5, 5.41) is 13.9. The van der Waals surface area contributed by atoms with Crippen molar-refractivity contribution < 1.29 is 19.2 Å². The number of ether oxygens (including phenoxy) is 2. The maximum absolute atomic E-state index is 11.7. The number of carbonyl (C=O) groups is 1. The molecule has 0 saturated carbocycles. The van der Waals surface area contributed by atoms with Gasteiger partial charge in [-0.25, -0.2) is 4.79 Å². The first-order valence-electron chi connectivity index (χ1n) is 6.41. The Morgan fingerprint density at radius 2 is 2.05 bits per heavy atom. The first-order chi connectivity index (χ1) is 9.75. The summed E-state index contributed by atoms with van der Waals surface area (Å²) in [5.74, 6) is -0.339. The van der Waals surface area contributed by atoms with Gasteiger partial charge < -0.3 is 14.8 Å². The molecule has 1 rings (SSSR count). The highest BCUT2D eigenvalue weighted by atomic mass is 16.6. The number of rotatable bonds is 6. The van der Waals surface area contributed by atoms with Crippen LogP contribution in [0, 0.1) is 24.0 Å². The Balaban J connectivity index is 3.08. The van der Waals surface area contributed by atoms with Crippen LogP contribution in [-0.2, 0) is 9.53 Å². The van der Waals surface area contributed by atoms with Gasteiger partial charge in [-0.2, -0.15) is 0 Å². The van der Waals surface area contributed by atoms with Crippen molar-refractivity contribution >= 4 is 11.7 Å². The molecule has 116 valence electrons. The second-order valence-corrected chi connectivity index (χ2v) is 5.05. The fraction of sp³-hybridized carbons (Fsp3) is 0.500. The summed E-state index contributed by atoms with van der Waals surface area (Å²) in [5.41, 5.74) is 0.219. The minimum absolute atomic E-state index is 0.0824. The van der Waals surface area contributed by atoms with E-state index in [4.69, 9.17) is 9.47 Å². The molecule has 0 aliphatic rings. The van der Waals surface area contributed by atoms with Crippen LogP contribution >= 0.6 is 0 Å². The van der Waals surface area contributed by atoms with Gasteiger partial charge in [0, 0.05) is 6.07 Å². The third-order valence-electron chi connectivity index (χ3n) is 3.29. The topological polar surface area (TPSA) is 90.7 Å². The van der Waals surface area contributed by atoms with E-state index < -0.39 is 16.4 Å². The van der Waals surface area contributed by atoms with Crippen LogP contribution in [0.2, 0.25) is 0 Å². The Kier molecular flexibility index (Phi) is 5.26. The molecule has 0 spiro atoms. The highest BCUT2D eigenvalue weighted by Gasteiger charge is 2.34. The van der Waals surface area contributed by atoms with E-state index in [1.54, 1.807) is 33.9 Å². The van der Waals surface area contributed by atoms with E-state index in [9.17, 15) is 14.9 Å². The zero-order valence-corrected chi connectivity index (χ0v) is 12.9. The van der Waals surface area contributed by atoms with Gasteiger partial charge in [0.05, 0.1) is 12.0 Å². The molecule has 7 nitrogen and oxygen atoms in total. The third kappa shape index (κ3) is 3.69. The Hall–Kier alpha value is -2.15. The molecular formula is C14H20N2O5. The molecule has 0 saturated heterocycles. The first kappa shape index (κ1) is 16.9. The fourth-order valence-corrected chi connectivity index (χ4v) is 1.93. The number of nitro benzene ring substituents is 1. The number of nitrogens with zero attached hydrogens (tertiary/aromatic N) is 1. The summed E-state index contributed by atoms with van der Waals surface area (Å²) >= 11 is 0. The van der Waals surface area contributed by atoms with Crippen LogP contribution in [0.4, 0.5) is 5.69 Å². The van der Waals surface area contributed by atoms with E-state index in [0.717, 1.165) is 5.56 Å². The van der Waals surface area contributed by atoms with Crippen LogP contribution in [0.15, 0.2) is 12.1 Å². The molecule has 0 aliphatic carbocycles. The highest BCUT2D eigenvalue weighted by molar-refractivity contribution is 5.80. The van der Waals surface area contributed by atoms with Gasteiger partial charge in [0.2, 0.25) is 0 Å². The van der Waals surface area contributed by atoms with Crippen molar-refractivity contribution in [1.29, 1.82) is 0 Å². The number of methoxy groups -OCH3 is 1. The number of likely N-dealkylation sites (N-methyl/N-ethyl adjacent to an activating group) is 1. The molecule has 0 amide bonds. The van der Waals surface area contributed by atoms with Crippen LogP contribution in [0.1, 0.15) is 18.1 Å². The first-order valence-corrected chi connectivity index (χ1v) is 6.41. The lowest BCUT2D eigenvalue weighted by Crippen LogP contribution is -2.52. The maximum Gasteiger partial charge on any atom is 0.329 e. The number of aryl methyl sites for hydroxylation is 2. The molecule has 21 heavy (non-hydrogen) atoms. The predicted molar refractivity (Wildman–Crippen MR) is 77.5 cm³/mol. The highest BCUT2D eigenvalue weighted by Crippen LogP contribution is 2.32. The van der Waals surface area contributed by atoms with Crippen LogP contribution in [-0.4, -0.2) is 37.2 Å². The molecule has 0 radical (unpaired) electrons. The zero-order chi connectivity index (χ0) is 16.2. The summed E-state index contributed by atoms with van der Waals surface area (Å²) in [7, 11) is 2.87. The van der Waals surface area contributed by atoms with Crippen molar-refractivity contribution in [3.05, 3.63) is 33.4 Å². The largest absolute Gasteiger partial charge is 0.484 e. The molecule has 0 heterocycles. The molecule has 1 N–H and O–H groups in total. The average molecular weight is 296 g/mol. The molecular weight excluding hydrogens is 276 g/mol. The van der Waals surface area contributed by atoms with Crippen molar-refractivity contribution in [2.75, 3.05) is 20.8 Å². The molecule has 1 atom stereocenters. The Morgan fingerprint density at radius 3 is 2.52 bits per heavy atom. The monoisotopic (exact) mass is 296 g/mol. The lowest BCUT2D eigenvalue weighted by molar-refractivity contribution is -0.386. The van der Waals surface area contributed by atoms with E-state index in [2.05, 4.69) is 5.32 Å². The Labute approximate surface area is 123 Å². The van der Waals surface area contributed by atoms with E-state index >= 15 is 0 Å². The summed E-state index contributed by atoms with van der Waals surface area (Å²) in [6, 6.07) is 3.23. The van der Waals surface area contributed by atoms with Gasteiger partial charge in [0.1, 0.15) is 12.1 Å². The van der Waals surface area contributed by atoms with Crippen molar-refractivity contribution in [1.82, 2.24) is 5.32 Å². The standard InChI is InChI=1S/C14H20N2O5/c1-9-6-10(2)12(11(7-9)16(18)19)21-8-14(3,15-4)13(17)20-5/h6-7,15H,8H2,1-5H3. The van der Waals surface area contributed by atoms with E-state index in [1.165, 1.54) is 13.2 Å². The summed E-state index contributed by atoms with van der Waals surface area (Å²) in [6.07, 6.45) is 0. The maximum atomic E-state index is 11.7. The quantitative estimate of drug-likeness (QED) is 0.488. The van der Waals surface area contributed by atoms with E-state index in [1.807, 2.05) is 0 Å². The molecule has 0 bridgehead atoms. The predicted octanol–water partition coefficient (Wildman–Crippen LogP) is 1.74. The lowest BCUT2D eigenvalue weighted by atomic mass is 10.0. The van der Waals surface area contributed by atoms with Crippen molar-refractivity contribution in [2.45, 2.75) is 26.3 Å². The van der Waals surface area contributed by atoms with Crippen molar-refractivity contribution in [3.8, 4) is 5.75 Å². The normalized spacial score (nSPS) is 13.4. The van der Waals surface area contributed by atoms with Gasteiger partial charge in [0.25, 0.3) is 0 Å². The van der Waals surface area contributed by atoms with Crippen LogP contribution in [0.3, 0.4) is 0 Å². The van der Waals surface area contributed by atoms with Gasteiger partial charge >= 0.3 is 11.7 Å². The summed E-state index contributed by atoms with van der Waals surface area (Å²) < 4.78 is 10.3. The minimum Gasteiger partial charge on any atom is -0.484 e. The molecule has 0 aliphatic heterocycles. The number of hydrogen-bond donors (Lipinski definition) is 1. The van der Waals surface area contributed by atoms with Gasteiger partial charge in [-0.1, -0.05) is 6.07 Å². The Morgan fingerprint density at radius 1 is 1.43 bits per heavy atom. The summed E-state index contributed by atoms with van der Waals surface area (Å²) in [6.45, 7) is 5.02. The van der Waals surface area contributed by atoms with Gasteiger partial charge in [0.15, 0.2) is 5.75 Å². The average Bonchev–Trinajstić information content (AvgIpc) is 2.44. The molecule has 1 unspecified atom stereocenters. The lowest BCUT2D eigenvalue weighted by Gasteiger charge is -2.26. The molecule has 1 aromatic carbocycles. The number of benzene rings is 1. The second kappa shape index (κ2) is 6.53. The number of esters is 1. The molecule has 1 aromatic rings. The zero-order valence-electron chi connectivity index (χ0n) is 12.9. The third-order valence-corrected chi connectivity index (χ3v) is 3.29. The van der Waals surface area contributed by atoms with Crippen molar-refractivity contribution in [3.63, 3.8) is 0 Å². The van der Waals surface area contributed by atoms with E-state index in [-0.39, 0.29) is 18.0 Å².